The Morgan fingerprint density at radius 3 is 1.81 bits per heavy atom. The van der Waals surface area contributed by atoms with Gasteiger partial charge in [0, 0.05) is 27.0 Å². The van der Waals surface area contributed by atoms with E-state index in [2.05, 4.69) is 12.1 Å². The summed E-state index contributed by atoms with van der Waals surface area (Å²) in [4.78, 5) is 0. The van der Waals surface area contributed by atoms with Gasteiger partial charge in [0.2, 0.25) is 0 Å². The lowest BCUT2D eigenvalue weighted by molar-refractivity contribution is 0.425. The third kappa shape index (κ3) is 3.50. The number of hydrogen-bond donors (Lipinski definition) is 3. The van der Waals surface area contributed by atoms with Crippen LogP contribution in [-0.4, -0.2) is 29.9 Å². The van der Waals surface area contributed by atoms with E-state index >= 15 is 0 Å². The number of hydrogen-bond acceptors (Lipinski definition) is 6. The molecule has 0 bridgehead atoms. The zero-order valence-corrected chi connectivity index (χ0v) is 16.8. The summed E-state index contributed by atoms with van der Waals surface area (Å²) in [6.07, 6.45) is 0. The highest BCUT2D eigenvalue weighted by Crippen LogP contribution is 2.33. The number of furan rings is 2. The Kier molecular flexibility index (Phi) is 5.33. The van der Waals surface area contributed by atoms with Crippen molar-refractivity contribution in [3.05, 3.63) is 84.9 Å². The van der Waals surface area contributed by atoms with Crippen molar-refractivity contribution in [1.82, 2.24) is 0 Å². The molecule has 0 saturated carbocycles. The van der Waals surface area contributed by atoms with Gasteiger partial charge in [0.05, 0.1) is 0 Å². The van der Waals surface area contributed by atoms with E-state index in [1.807, 2.05) is 48.5 Å². The minimum atomic E-state index is -1.61. The molecule has 0 fully saturated rings. The Morgan fingerprint density at radius 2 is 1.19 bits per heavy atom. The Bertz CT molecular complexity index is 1490. The van der Waals surface area contributed by atoms with Gasteiger partial charge in [-0.05, 0) is 18.2 Å². The van der Waals surface area contributed by atoms with Gasteiger partial charge < -0.3 is 28.6 Å². The van der Waals surface area contributed by atoms with Gasteiger partial charge in [-0.3, -0.25) is 0 Å². The van der Waals surface area contributed by atoms with Gasteiger partial charge >= 0.3 is 14.8 Å². The highest BCUT2D eigenvalue weighted by atomic mass is 16.5. The third-order valence-corrected chi connectivity index (χ3v) is 5.26. The normalized spacial score (nSPS) is 11.0. The molecule has 0 spiro atoms. The largest absolute Gasteiger partial charge is 0.569 e. The molecule has 0 atom stereocenters. The molecular formula is C24H17B2O6. The predicted octanol–water partition coefficient (Wildman–Crippen LogP) is 3.76. The van der Waals surface area contributed by atoms with Crippen LogP contribution in [0.25, 0.3) is 43.9 Å². The van der Waals surface area contributed by atoms with Crippen molar-refractivity contribution in [3.8, 4) is 5.75 Å². The van der Waals surface area contributed by atoms with Gasteiger partial charge in [-0.15, -0.1) is 0 Å². The summed E-state index contributed by atoms with van der Waals surface area (Å²) < 4.78 is 16.3. The molecule has 0 aliphatic heterocycles. The molecule has 8 heteroatoms. The maximum atomic E-state index is 9.34. The van der Waals surface area contributed by atoms with E-state index < -0.39 is 7.12 Å². The van der Waals surface area contributed by atoms with Crippen LogP contribution in [0.15, 0.2) is 93.8 Å². The van der Waals surface area contributed by atoms with Gasteiger partial charge in [0.15, 0.2) is 5.58 Å². The molecule has 0 unspecified atom stereocenters. The molecule has 32 heavy (non-hydrogen) atoms. The van der Waals surface area contributed by atoms with Crippen LogP contribution in [-0.2, 0) is 0 Å². The summed E-state index contributed by atoms with van der Waals surface area (Å²) in [5.41, 5.74) is 3.04. The Balaban J connectivity index is 0.000000144. The van der Waals surface area contributed by atoms with Crippen LogP contribution in [0.1, 0.15) is 0 Å². The van der Waals surface area contributed by atoms with Gasteiger partial charge in [0.1, 0.15) is 22.5 Å². The second-order valence-corrected chi connectivity index (χ2v) is 7.15. The van der Waals surface area contributed by atoms with Gasteiger partial charge in [-0.1, -0.05) is 66.7 Å². The Morgan fingerprint density at radius 1 is 0.625 bits per heavy atom. The number of rotatable bonds is 3. The first kappa shape index (κ1) is 20.2. The fourth-order valence-corrected chi connectivity index (χ4v) is 3.84. The summed E-state index contributed by atoms with van der Waals surface area (Å²) in [6.45, 7) is 0. The molecule has 0 amide bonds. The number of benzene rings is 4. The molecule has 1 radical (unpaired) electrons. The highest BCUT2D eigenvalue weighted by molar-refractivity contribution is 6.61. The zero-order valence-electron chi connectivity index (χ0n) is 16.8. The molecule has 0 aliphatic rings. The monoisotopic (exact) mass is 423 g/mol. The average Bonchev–Trinajstić information content (AvgIpc) is 3.38. The van der Waals surface area contributed by atoms with E-state index in [1.54, 1.807) is 24.3 Å². The van der Waals surface area contributed by atoms with E-state index in [4.69, 9.17) is 18.5 Å². The first-order valence-electron chi connectivity index (χ1n) is 9.96. The van der Waals surface area contributed by atoms with Crippen LogP contribution in [0.4, 0.5) is 0 Å². The lowest BCUT2D eigenvalue weighted by Crippen LogP contribution is -2.29. The smallest absolute Gasteiger partial charge is 0.535 e. The highest BCUT2D eigenvalue weighted by Gasteiger charge is 2.20. The standard InChI is InChI=1S/C12H9B2O5.C12H8O/c15-13-19-10-6-2-4-8-7-3-1-5-9(14(16)17)11(7)18-12(8)10;1-3-7-11-9(5-1)10-6-2-4-8-12(10)13-11/h1-6,15-17H;1-8H. The Hall–Kier alpha value is -3.71. The van der Waals surface area contributed by atoms with Crippen molar-refractivity contribution >= 4 is 64.1 Å². The topological polar surface area (TPSA) is 96.2 Å². The van der Waals surface area contributed by atoms with Crippen molar-refractivity contribution in [1.29, 1.82) is 0 Å². The fourth-order valence-electron chi connectivity index (χ4n) is 3.84. The molecule has 6 aromatic rings. The SMILES string of the molecule is O[B]Oc1cccc2c1oc1c(B(O)O)cccc12.c1ccc2c(c1)oc1ccccc12. The maximum absolute atomic E-state index is 9.34. The fraction of sp³-hybridized carbons (Fsp3) is 0. The molecule has 4 aromatic carbocycles. The molecular weight excluding hydrogens is 406 g/mol. The van der Waals surface area contributed by atoms with Crippen molar-refractivity contribution in [2.75, 3.05) is 0 Å². The Labute approximate surface area is 183 Å². The van der Waals surface area contributed by atoms with Crippen LogP contribution in [0, 0.1) is 0 Å². The third-order valence-electron chi connectivity index (χ3n) is 5.26. The first-order valence-corrected chi connectivity index (χ1v) is 9.96. The quantitative estimate of drug-likeness (QED) is 0.376. The van der Waals surface area contributed by atoms with Crippen LogP contribution >= 0.6 is 0 Å². The van der Waals surface area contributed by atoms with E-state index in [1.165, 1.54) is 10.8 Å². The molecule has 0 aliphatic carbocycles. The maximum Gasteiger partial charge on any atom is 0.569 e. The summed E-state index contributed by atoms with van der Waals surface area (Å²) in [5, 5.41) is 31.3. The molecule has 6 nitrogen and oxygen atoms in total. The molecule has 2 aromatic heterocycles. The van der Waals surface area contributed by atoms with Crippen molar-refractivity contribution < 1.29 is 28.6 Å². The van der Waals surface area contributed by atoms with E-state index in [-0.39, 0.29) is 5.46 Å². The van der Waals surface area contributed by atoms with E-state index in [0.717, 1.165) is 21.9 Å². The summed E-state index contributed by atoms with van der Waals surface area (Å²) >= 11 is 0. The molecule has 3 N–H and O–H groups in total. The van der Waals surface area contributed by atoms with Gasteiger partial charge in [-0.2, -0.15) is 0 Å². The average molecular weight is 423 g/mol. The number of para-hydroxylation sites is 4. The second-order valence-electron chi connectivity index (χ2n) is 7.15. The summed E-state index contributed by atoms with van der Waals surface area (Å²) in [5.74, 6) is 0.356. The lowest BCUT2D eigenvalue weighted by Gasteiger charge is -2.00. The molecule has 0 saturated heterocycles. The second kappa shape index (κ2) is 8.43. The minimum absolute atomic E-state index is 0.285. The van der Waals surface area contributed by atoms with Crippen LogP contribution < -0.4 is 10.1 Å². The van der Waals surface area contributed by atoms with Crippen LogP contribution in [0.5, 0.6) is 5.75 Å². The molecule has 2 heterocycles. The van der Waals surface area contributed by atoms with E-state index in [9.17, 15) is 10.0 Å². The van der Waals surface area contributed by atoms with Gasteiger partial charge in [0.25, 0.3) is 0 Å². The van der Waals surface area contributed by atoms with E-state index in [0.29, 0.717) is 24.6 Å². The molecule has 155 valence electrons. The summed E-state index contributed by atoms with van der Waals surface area (Å²) in [6, 6.07) is 26.6. The van der Waals surface area contributed by atoms with Gasteiger partial charge in [-0.25, -0.2) is 0 Å². The zero-order chi connectivity index (χ0) is 22.1. The summed E-state index contributed by atoms with van der Waals surface area (Å²) in [7, 11) is -1.04. The van der Waals surface area contributed by atoms with Crippen molar-refractivity contribution in [2.24, 2.45) is 0 Å². The van der Waals surface area contributed by atoms with Crippen molar-refractivity contribution in [3.63, 3.8) is 0 Å². The molecule has 6 rings (SSSR count). The number of fused-ring (bicyclic) bond motifs is 6. The van der Waals surface area contributed by atoms with Crippen LogP contribution in [0.3, 0.4) is 0 Å². The predicted molar refractivity (Wildman–Crippen MR) is 126 cm³/mol. The lowest BCUT2D eigenvalue weighted by atomic mass is 9.79. The van der Waals surface area contributed by atoms with Crippen molar-refractivity contribution in [2.45, 2.75) is 0 Å². The minimum Gasteiger partial charge on any atom is -0.535 e. The first-order chi connectivity index (χ1) is 15.7. The van der Waals surface area contributed by atoms with Crippen LogP contribution in [0.2, 0.25) is 0 Å².